The second-order valence-electron chi connectivity index (χ2n) is 4.91. The molecule has 2 unspecified atom stereocenters. The van der Waals surface area contributed by atoms with Crippen LogP contribution >= 0.6 is 0 Å². The van der Waals surface area contributed by atoms with Crippen molar-refractivity contribution >= 4 is 5.69 Å². The third kappa shape index (κ3) is 3.20. The van der Waals surface area contributed by atoms with Crippen molar-refractivity contribution in [1.29, 1.82) is 0 Å². The van der Waals surface area contributed by atoms with Gasteiger partial charge in [0.05, 0.1) is 12.2 Å². The van der Waals surface area contributed by atoms with E-state index in [4.69, 9.17) is 10.5 Å². The molecule has 2 N–H and O–H groups in total. The molecule has 0 amide bonds. The van der Waals surface area contributed by atoms with Gasteiger partial charge in [-0.2, -0.15) is 0 Å². The van der Waals surface area contributed by atoms with Crippen LogP contribution in [-0.4, -0.2) is 32.3 Å². The number of aryl methyl sites for hydroxylation is 1. The molecular weight excluding hydrogens is 212 g/mol. The van der Waals surface area contributed by atoms with E-state index in [1.807, 2.05) is 0 Å². The molecule has 0 saturated carbocycles. The summed E-state index contributed by atoms with van der Waals surface area (Å²) >= 11 is 0. The second kappa shape index (κ2) is 5.52. The Morgan fingerprint density at radius 3 is 2.76 bits per heavy atom. The van der Waals surface area contributed by atoms with Crippen molar-refractivity contribution in [3.8, 4) is 0 Å². The Hall–Kier alpha value is -1.06. The van der Waals surface area contributed by atoms with Gasteiger partial charge in [-0.3, -0.25) is 0 Å². The monoisotopic (exact) mass is 234 g/mol. The van der Waals surface area contributed by atoms with Crippen molar-refractivity contribution in [2.75, 3.05) is 25.0 Å². The molecule has 3 nitrogen and oxygen atoms in total. The van der Waals surface area contributed by atoms with Gasteiger partial charge in [-0.05, 0) is 37.5 Å². The molecular formula is C14H22N2O. The van der Waals surface area contributed by atoms with Crippen LogP contribution in [0.5, 0.6) is 0 Å². The van der Waals surface area contributed by atoms with Gasteiger partial charge in [-0.25, -0.2) is 0 Å². The Kier molecular flexibility index (Phi) is 4.02. The molecule has 1 aliphatic rings. The van der Waals surface area contributed by atoms with E-state index >= 15 is 0 Å². The van der Waals surface area contributed by atoms with Crippen LogP contribution in [0.25, 0.3) is 0 Å². The average Bonchev–Trinajstić information content (AvgIpc) is 2.77. The molecule has 1 aliphatic heterocycles. The summed E-state index contributed by atoms with van der Waals surface area (Å²) in [6, 6.07) is 8.56. The molecule has 0 aliphatic carbocycles. The van der Waals surface area contributed by atoms with Gasteiger partial charge < -0.3 is 15.4 Å². The van der Waals surface area contributed by atoms with Crippen molar-refractivity contribution in [3.63, 3.8) is 0 Å². The summed E-state index contributed by atoms with van der Waals surface area (Å²) < 4.78 is 5.87. The molecule has 1 heterocycles. The Balaban J connectivity index is 1.91. The maximum atomic E-state index is 5.87. The Labute approximate surface area is 104 Å². The van der Waals surface area contributed by atoms with Crippen LogP contribution in [0.2, 0.25) is 0 Å². The number of anilines is 1. The minimum atomic E-state index is 0.269. The summed E-state index contributed by atoms with van der Waals surface area (Å²) in [4.78, 5) is 2.26. The summed E-state index contributed by atoms with van der Waals surface area (Å²) in [7, 11) is 2.12. The molecule has 17 heavy (non-hydrogen) atoms. The van der Waals surface area contributed by atoms with Crippen molar-refractivity contribution in [2.24, 2.45) is 5.73 Å². The number of benzene rings is 1. The van der Waals surface area contributed by atoms with E-state index in [2.05, 4.69) is 43.1 Å². The molecule has 2 atom stereocenters. The van der Waals surface area contributed by atoms with Crippen molar-refractivity contribution in [1.82, 2.24) is 0 Å². The van der Waals surface area contributed by atoms with Crippen molar-refractivity contribution < 1.29 is 4.74 Å². The second-order valence-corrected chi connectivity index (χ2v) is 4.91. The molecule has 1 fully saturated rings. The number of ether oxygens (including phenoxy) is 1. The highest BCUT2D eigenvalue weighted by molar-refractivity contribution is 5.47. The summed E-state index contributed by atoms with van der Waals surface area (Å²) in [5.41, 5.74) is 8.17. The van der Waals surface area contributed by atoms with Crippen LogP contribution in [0.4, 0.5) is 5.69 Å². The van der Waals surface area contributed by atoms with Crippen LogP contribution in [0, 0.1) is 6.92 Å². The summed E-state index contributed by atoms with van der Waals surface area (Å²) in [5, 5.41) is 0. The number of nitrogens with zero attached hydrogens (tertiary/aromatic N) is 1. The third-order valence-electron chi connectivity index (χ3n) is 3.38. The summed E-state index contributed by atoms with van der Waals surface area (Å²) in [6.07, 6.45) is 2.82. The molecule has 0 bridgehead atoms. The van der Waals surface area contributed by atoms with Crippen molar-refractivity contribution in [3.05, 3.63) is 29.8 Å². The van der Waals surface area contributed by atoms with Crippen LogP contribution in [0.1, 0.15) is 18.4 Å². The molecule has 1 aromatic rings. The van der Waals surface area contributed by atoms with Crippen LogP contribution in [0.15, 0.2) is 24.3 Å². The molecule has 3 heteroatoms. The first kappa shape index (κ1) is 12.4. The highest BCUT2D eigenvalue weighted by Gasteiger charge is 2.25. The predicted molar refractivity (Wildman–Crippen MR) is 71.4 cm³/mol. The maximum Gasteiger partial charge on any atom is 0.0755 e. The lowest BCUT2D eigenvalue weighted by atomic mass is 10.1. The van der Waals surface area contributed by atoms with E-state index < -0.39 is 0 Å². The Bertz CT molecular complexity index is 367. The zero-order chi connectivity index (χ0) is 12.3. The highest BCUT2D eigenvalue weighted by atomic mass is 16.5. The first-order valence-electron chi connectivity index (χ1n) is 6.32. The highest BCUT2D eigenvalue weighted by Crippen LogP contribution is 2.22. The molecule has 0 radical (unpaired) electrons. The van der Waals surface area contributed by atoms with E-state index in [-0.39, 0.29) is 6.10 Å². The largest absolute Gasteiger partial charge is 0.372 e. The first-order chi connectivity index (χ1) is 8.19. The molecule has 0 aromatic heterocycles. The van der Waals surface area contributed by atoms with E-state index in [9.17, 15) is 0 Å². The van der Waals surface area contributed by atoms with E-state index in [1.54, 1.807) is 0 Å². The summed E-state index contributed by atoms with van der Waals surface area (Å²) in [6.45, 7) is 3.71. The Morgan fingerprint density at radius 2 is 2.12 bits per heavy atom. The molecule has 1 aromatic carbocycles. The topological polar surface area (TPSA) is 38.5 Å². The van der Waals surface area contributed by atoms with E-state index in [1.165, 1.54) is 11.3 Å². The normalized spacial score (nSPS) is 23.9. The zero-order valence-electron chi connectivity index (χ0n) is 10.7. The van der Waals surface area contributed by atoms with Gasteiger partial charge in [-0.1, -0.05) is 12.1 Å². The van der Waals surface area contributed by atoms with E-state index in [0.717, 1.165) is 19.4 Å². The van der Waals surface area contributed by atoms with E-state index in [0.29, 0.717) is 12.6 Å². The van der Waals surface area contributed by atoms with Crippen LogP contribution in [0.3, 0.4) is 0 Å². The fourth-order valence-corrected chi connectivity index (χ4v) is 2.36. The van der Waals surface area contributed by atoms with Gasteiger partial charge in [0.25, 0.3) is 0 Å². The number of hydrogen-bond donors (Lipinski definition) is 1. The molecule has 94 valence electrons. The van der Waals surface area contributed by atoms with Gasteiger partial charge >= 0.3 is 0 Å². The van der Waals surface area contributed by atoms with Gasteiger partial charge in [0.2, 0.25) is 0 Å². The number of rotatable bonds is 4. The van der Waals surface area contributed by atoms with Crippen molar-refractivity contribution in [2.45, 2.75) is 32.0 Å². The molecule has 0 spiro atoms. The minimum Gasteiger partial charge on any atom is -0.372 e. The molecule has 1 saturated heterocycles. The minimum absolute atomic E-state index is 0.269. The third-order valence-corrected chi connectivity index (χ3v) is 3.38. The lowest BCUT2D eigenvalue weighted by Gasteiger charge is -2.23. The standard InChI is InChI=1S/C14H22N2O/c1-11-4-3-5-12(8-11)16(2)10-14-7-6-13(9-15)17-14/h3-5,8,13-14H,6-7,9-10,15H2,1-2H3. The lowest BCUT2D eigenvalue weighted by molar-refractivity contribution is 0.0549. The first-order valence-corrected chi connectivity index (χ1v) is 6.32. The fraction of sp³-hybridized carbons (Fsp3) is 0.571. The fourth-order valence-electron chi connectivity index (χ4n) is 2.36. The van der Waals surface area contributed by atoms with Gasteiger partial charge in [0.1, 0.15) is 0 Å². The van der Waals surface area contributed by atoms with Gasteiger partial charge in [-0.15, -0.1) is 0 Å². The number of likely N-dealkylation sites (N-methyl/N-ethyl adjacent to an activating group) is 1. The Morgan fingerprint density at radius 1 is 1.35 bits per heavy atom. The maximum absolute atomic E-state index is 5.87. The SMILES string of the molecule is Cc1cccc(N(C)CC2CCC(CN)O2)c1. The smallest absolute Gasteiger partial charge is 0.0755 e. The predicted octanol–water partition coefficient (Wildman–Crippen LogP) is 1.94. The average molecular weight is 234 g/mol. The van der Waals surface area contributed by atoms with Crippen LogP contribution in [-0.2, 0) is 4.74 Å². The zero-order valence-corrected chi connectivity index (χ0v) is 10.7. The number of hydrogen-bond acceptors (Lipinski definition) is 3. The molecule has 2 rings (SSSR count). The quantitative estimate of drug-likeness (QED) is 0.865. The van der Waals surface area contributed by atoms with Crippen LogP contribution < -0.4 is 10.6 Å². The van der Waals surface area contributed by atoms with Gasteiger partial charge in [0, 0.05) is 25.8 Å². The van der Waals surface area contributed by atoms with Gasteiger partial charge in [0.15, 0.2) is 0 Å². The lowest BCUT2D eigenvalue weighted by Crippen LogP contribution is -2.30. The number of nitrogens with two attached hydrogens (primary N) is 1. The summed E-state index contributed by atoms with van der Waals surface area (Å²) in [5.74, 6) is 0.